The standard InChI is InChI=1S/C29H48O2/c1-18-10-15-29(31)17-16-27(6)20(24(29)19(18)2)8-9-22-26(5)13-12-23(30)25(3,4)21(26)11-14-28(22,27)7/h8,18-19,21-24,30-31H,9-17H2,1-7H3/t18-,19+,21+,22-,23-,24+,26+,27-,28-,29+/m1/s1. The van der Waals surface area contributed by atoms with Gasteiger partial charge in [0.2, 0.25) is 0 Å². The normalized spacial score (nSPS) is 58.3. The Kier molecular flexibility index (Phi) is 4.80. The number of rotatable bonds is 0. The summed E-state index contributed by atoms with van der Waals surface area (Å²) < 4.78 is 0. The lowest BCUT2D eigenvalue weighted by Crippen LogP contribution is -2.65. The van der Waals surface area contributed by atoms with E-state index in [4.69, 9.17) is 0 Å². The second kappa shape index (κ2) is 6.62. The summed E-state index contributed by atoms with van der Waals surface area (Å²) in [5, 5.41) is 22.6. The second-order valence-electron chi connectivity index (χ2n) is 14.1. The fourth-order valence-corrected chi connectivity index (χ4v) is 10.5. The molecule has 0 aromatic rings. The summed E-state index contributed by atoms with van der Waals surface area (Å²) in [5.41, 5.74) is 1.98. The molecule has 0 bridgehead atoms. The predicted octanol–water partition coefficient (Wildman–Crippen LogP) is 6.75. The summed E-state index contributed by atoms with van der Waals surface area (Å²) in [4.78, 5) is 0. The minimum atomic E-state index is -0.474. The number of hydrogen-bond acceptors (Lipinski definition) is 2. The van der Waals surface area contributed by atoms with Crippen LogP contribution >= 0.6 is 0 Å². The molecule has 2 heteroatoms. The van der Waals surface area contributed by atoms with Crippen molar-refractivity contribution in [2.75, 3.05) is 0 Å². The van der Waals surface area contributed by atoms with Crippen molar-refractivity contribution in [3.05, 3.63) is 11.6 Å². The van der Waals surface area contributed by atoms with Gasteiger partial charge in [-0.15, -0.1) is 0 Å². The highest BCUT2D eigenvalue weighted by atomic mass is 16.3. The van der Waals surface area contributed by atoms with Crippen molar-refractivity contribution in [2.45, 2.75) is 118 Å². The molecule has 0 saturated heterocycles. The minimum Gasteiger partial charge on any atom is -0.393 e. The summed E-state index contributed by atoms with van der Waals surface area (Å²) >= 11 is 0. The van der Waals surface area contributed by atoms with Gasteiger partial charge in [-0.3, -0.25) is 0 Å². The van der Waals surface area contributed by atoms with E-state index in [9.17, 15) is 10.2 Å². The molecule has 0 aromatic heterocycles. The van der Waals surface area contributed by atoms with Gasteiger partial charge in [0.1, 0.15) is 0 Å². The molecule has 5 aliphatic carbocycles. The van der Waals surface area contributed by atoms with Crippen molar-refractivity contribution in [3.8, 4) is 0 Å². The van der Waals surface area contributed by atoms with Crippen molar-refractivity contribution >= 4 is 0 Å². The average molecular weight is 429 g/mol. The second-order valence-corrected chi connectivity index (χ2v) is 14.1. The maximum Gasteiger partial charge on any atom is 0.0716 e. The zero-order chi connectivity index (χ0) is 22.6. The fraction of sp³-hybridized carbons (Fsp3) is 0.931. The van der Waals surface area contributed by atoms with Crippen molar-refractivity contribution in [1.29, 1.82) is 0 Å². The van der Waals surface area contributed by atoms with Crippen LogP contribution in [0.1, 0.15) is 106 Å². The Morgan fingerprint density at radius 2 is 1.55 bits per heavy atom. The Morgan fingerprint density at radius 1 is 0.839 bits per heavy atom. The quantitative estimate of drug-likeness (QED) is 0.419. The first kappa shape index (κ1) is 22.5. The largest absolute Gasteiger partial charge is 0.393 e. The van der Waals surface area contributed by atoms with Crippen LogP contribution in [0.15, 0.2) is 11.6 Å². The first-order valence-electron chi connectivity index (χ1n) is 13.4. The van der Waals surface area contributed by atoms with Gasteiger partial charge < -0.3 is 10.2 Å². The topological polar surface area (TPSA) is 40.5 Å². The number of aliphatic hydroxyl groups excluding tert-OH is 1. The third kappa shape index (κ3) is 2.64. The SMILES string of the molecule is C[C@H]1[C@H](C)CC[C@]2(O)CC[C@]3(C)C(=CC[C@@H]4[C@@]5(C)CC[C@@H](O)C(C)(C)[C@@H]5CC[C@]43C)[C@H]12. The van der Waals surface area contributed by atoms with Gasteiger partial charge in [-0.2, -0.15) is 0 Å². The molecule has 2 N–H and O–H groups in total. The molecule has 0 aromatic carbocycles. The molecular formula is C29H48O2. The maximum absolute atomic E-state index is 11.8. The van der Waals surface area contributed by atoms with Gasteiger partial charge in [0.25, 0.3) is 0 Å². The van der Waals surface area contributed by atoms with E-state index in [0.29, 0.717) is 40.4 Å². The van der Waals surface area contributed by atoms with Gasteiger partial charge >= 0.3 is 0 Å². The molecule has 5 aliphatic rings. The molecule has 4 saturated carbocycles. The van der Waals surface area contributed by atoms with Gasteiger partial charge in [0.15, 0.2) is 0 Å². The van der Waals surface area contributed by atoms with Gasteiger partial charge in [0.05, 0.1) is 11.7 Å². The molecule has 176 valence electrons. The van der Waals surface area contributed by atoms with E-state index < -0.39 is 5.60 Å². The van der Waals surface area contributed by atoms with Crippen LogP contribution in [0.3, 0.4) is 0 Å². The van der Waals surface area contributed by atoms with Crippen LogP contribution < -0.4 is 0 Å². The Morgan fingerprint density at radius 3 is 2.26 bits per heavy atom. The van der Waals surface area contributed by atoms with E-state index in [1.807, 2.05) is 0 Å². The first-order valence-corrected chi connectivity index (χ1v) is 13.4. The highest BCUT2D eigenvalue weighted by Crippen LogP contribution is 2.74. The molecule has 10 atom stereocenters. The van der Waals surface area contributed by atoms with Gasteiger partial charge in [-0.25, -0.2) is 0 Å². The number of hydrogen-bond donors (Lipinski definition) is 2. The maximum atomic E-state index is 11.8. The molecule has 0 spiro atoms. The summed E-state index contributed by atoms with van der Waals surface area (Å²) in [6.07, 6.45) is 12.6. The lowest BCUT2D eigenvalue weighted by atomic mass is 9.34. The van der Waals surface area contributed by atoms with E-state index in [2.05, 4.69) is 54.5 Å². The number of fused-ring (bicyclic) bond motifs is 7. The fourth-order valence-electron chi connectivity index (χ4n) is 10.5. The monoisotopic (exact) mass is 428 g/mol. The van der Waals surface area contributed by atoms with Crippen LogP contribution in [0.4, 0.5) is 0 Å². The molecule has 0 aliphatic heterocycles. The van der Waals surface area contributed by atoms with E-state index in [1.165, 1.54) is 32.1 Å². The van der Waals surface area contributed by atoms with Crippen LogP contribution in [-0.4, -0.2) is 21.9 Å². The highest BCUT2D eigenvalue weighted by Gasteiger charge is 2.68. The third-order valence-corrected chi connectivity index (χ3v) is 12.9. The van der Waals surface area contributed by atoms with Gasteiger partial charge in [-0.05, 0) is 103 Å². The van der Waals surface area contributed by atoms with Crippen LogP contribution in [0.5, 0.6) is 0 Å². The molecule has 0 radical (unpaired) electrons. The van der Waals surface area contributed by atoms with Gasteiger partial charge in [-0.1, -0.05) is 60.1 Å². The Balaban J connectivity index is 1.59. The van der Waals surface area contributed by atoms with Crippen molar-refractivity contribution < 1.29 is 10.2 Å². The molecule has 31 heavy (non-hydrogen) atoms. The van der Waals surface area contributed by atoms with E-state index >= 15 is 0 Å². The number of aliphatic hydroxyl groups is 2. The Labute approximate surface area is 191 Å². The Hall–Kier alpha value is -0.340. The molecule has 5 rings (SSSR count). The highest BCUT2D eigenvalue weighted by molar-refractivity contribution is 5.34. The summed E-state index contributed by atoms with van der Waals surface area (Å²) in [7, 11) is 0. The van der Waals surface area contributed by atoms with E-state index in [-0.39, 0.29) is 16.9 Å². The van der Waals surface area contributed by atoms with Crippen molar-refractivity contribution in [3.63, 3.8) is 0 Å². The lowest BCUT2D eigenvalue weighted by molar-refractivity contribution is -0.209. The van der Waals surface area contributed by atoms with Crippen molar-refractivity contribution in [1.82, 2.24) is 0 Å². The van der Waals surface area contributed by atoms with E-state index in [0.717, 1.165) is 25.7 Å². The molecule has 2 nitrogen and oxygen atoms in total. The first-order chi connectivity index (χ1) is 14.3. The zero-order valence-electron chi connectivity index (χ0n) is 21.3. The van der Waals surface area contributed by atoms with Gasteiger partial charge in [0, 0.05) is 5.92 Å². The average Bonchev–Trinajstić information content (AvgIpc) is 2.69. The summed E-state index contributed by atoms with van der Waals surface area (Å²) in [6.45, 7) is 17.3. The summed E-state index contributed by atoms with van der Waals surface area (Å²) in [5.74, 6) is 2.91. The molecule has 0 unspecified atom stereocenters. The lowest BCUT2D eigenvalue weighted by Gasteiger charge is -2.71. The van der Waals surface area contributed by atoms with Crippen molar-refractivity contribution in [2.24, 2.45) is 51.2 Å². The van der Waals surface area contributed by atoms with Crippen LogP contribution in [0, 0.1) is 51.2 Å². The van der Waals surface area contributed by atoms with E-state index in [1.54, 1.807) is 5.57 Å². The summed E-state index contributed by atoms with van der Waals surface area (Å²) in [6, 6.07) is 0. The smallest absolute Gasteiger partial charge is 0.0716 e. The van der Waals surface area contributed by atoms with Crippen LogP contribution in [0.2, 0.25) is 0 Å². The Bertz CT molecular complexity index is 784. The number of allylic oxidation sites excluding steroid dienone is 1. The molecule has 0 amide bonds. The molecule has 4 fully saturated rings. The third-order valence-electron chi connectivity index (χ3n) is 12.9. The van der Waals surface area contributed by atoms with Crippen LogP contribution in [-0.2, 0) is 0 Å². The minimum absolute atomic E-state index is 0.0133. The predicted molar refractivity (Wildman–Crippen MR) is 127 cm³/mol. The van der Waals surface area contributed by atoms with Crippen LogP contribution in [0.25, 0.3) is 0 Å². The molecule has 0 heterocycles. The molecular weight excluding hydrogens is 380 g/mol. The zero-order valence-corrected chi connectivity index (χ0v) is 21.3.